The van der Waals surface area contributed by atoms with E-state index in [0.29, 0.717) is 57.1 Å². The molecule has 0 saturated carbocycles. The van der Waals surface area contributed by atoms with Crippen molar-refractivity contribution in [1.29, 1.82) is 0 Å². The molecule has 6 aromatic rings. The third-order valence-corrected chi connectivity index (χ3v) is 11.0. The van der Waals surface area contributed by atoms with Crippen molar-refractivity contribution in [3.63, 3.8) is 0 Å². The molecule has 2 saturated heterocycles. The Balaban J connectivity index is 0.000000201. The number of methoxy groups -OCH3 is 1. The number of anilines is 1. The summed E-state index contributed by atoms with van der Waals surface area (Å²) in [5.41, 5.74) is 4.33. The number of nitro groups is 2. The number of nitrogen functional groups attached to an aromatic ring is 2. The number of non-ortho nitro benzene ring substituents is 1. The number of rotatable bonds is 17. The number of carboxylic acids is 1. The second-order valence-electron chi connectivity index (χ2n) is 15.9. The number of morpholine rings is 2. The normalized spacial score (nSPS) is 13.5. The predicted octanol–water partition coefficient (Wildman–Crippen LogP) is 5.11. The van der Waals surface area contributed by atoms with Gasteiger partial charge in [-0.25, -0.2) is 36.7 Å². The molecule has 28 heteroatoms. The maximum Gasteiger partial charge on any atom is 0.346 e. The highest BCUT2D eigenvalue weighted by Crippen LogP contribution is 2.34. The highest BCUT2D eigenvalue weighted by Gasteiger charge is 2.22. The summed E-state index contributed by atoms with van der Waals surface area (Å²) >= 11 is 0. The molecule has 0 amide bonds. The number of hydrogen-bond acceptors (Lipinski definition) is 19. The van der Waals surface area contributed by atoms with Gasteiger partial charge in [-0.3, -0.25) is 41.6 Å². The molecule has 5 N–H and O–H groups in total. The van der Waals surface area contributed by atoms with E-state index >= 15 is 0 Å². The Kier molecular flexibility index (Phi) is 22.2. The van der Waals surface area contributed by atoms with Gasteiger partial charge in [-0.1, -0.05) is 6.07 Å². The van der Waals surface area contributed by atoms with E-state index in [1.165, 1.54) is 58.9 Å². The summed E-state index contributed by atoms with van der Waals surface area (Å²) in [6.07, 6.45) is -2.28. The largest absolute Gasteiger partial charge is 0.868 e. The zero-order valence-corrected chi connectivity index (χ0v) is 41.0. The Hall–Kier alpha value is -8.47. The lowest BCUT2D eigenvalue weighted by molar-refractivity contribution is -0.623. The van der Waals surface area contributed by atoms with E-state index < -0.39 is 51.8 Å². The minimum atomic E-state index is -2.77. The van der Waals surface area contributed by atoms with Crippen molar-refractivity contribution in [3.8, 4) is 34.4 Å². The zero-order chi connectivity index (χ0) is 55.3. The lowest BCUT2D eigenvalue weighted by atomic mass is 10.1. The van der Waals surface area contributed by atoms with Crippen LogP contribution in [0.5, 0.6) is 23.0 Å². The maximum atomic E-state index is 13.7. The molecule has 24 nitrogen and oxygen atoms in total. The first-order chi connectivity index (χ1) is 36.4. The van der Waals surface area contributed by atoms with Gasteiger partial charge in [-0.2, -0.15) is 0 Å². The third kappa shape index (κ3) is 16.8. The number of fused-ring (bicyclic) bond motifs is 1. The molecule has 0 radical (unpaired) electrons. The van der Waals surface area contributed by atoms with E-state index in [1.807, 2.05) is 0 Å². The first-order valence-corrected chi connectivity index (χ1v) is 23.1. The molecular weight excluding hydrogens is 1020 g/mol. The Morgan fingerprint density at radius 3 is 1.93 bits per heavy atom. The molecule has 76 heavy (non-hydrogen) atoms. The van der Waals surface area contributed by atoms with E-state index in [4.69, 9.17) is 40.0 Å². The Morgan fingerprint density at radius 1 is 0.816 bits per heavy atom. The van der Waals surface area contributed by atoms with Gasteiger partial charge in [0.25, 0.3) is 24.2 Å². The fourth-order valence-corrected chi connectivity index (χ4v) is 7.09. The number of carboxylic acid groups (broad SMARTS) is 1. The molecule has 0 atom stereocenters. The molecule has 2 aliphatic heterocycles. The number of alkyl halides is 4. The molecule has 8 rings (SSSR count). The molecule has 3 aromatic carbocycles. The average molecular weight is 1070 g/mol. The SMILES string of the molecule is CCOC(=O)c1ccc[n+](N)c1N.COc1ccc(OCCN2CCOCC2)cc1C(F)F.O=C(O)c1cccn2nc(-c3ccc(OCCN4CCOCC4)cc3C(F)F)nc12.O=[N+]([O-])c1ccc([O-])c([N+](=O)[O-])c1. The summed E-state index contributed by atoms with van der Waals surface area (Å²) in [5, 5.41) is 44.6. The lowest BCUT2D eigenvalue weighted by Gasteiger charge is -2.26. The number of halogens is 4. The van der Waals surface area contributed by atoms with E-state index in [9.17, 15) is 57.6 Å². The minimum Gasteiger partial charge on any atom is -0.868 e. The summed E-state index contributed by atoms with van der Waals surface area (Å²) in [6.45, 7) is 10.6. The van der Waals surface area contributed by atoms with Crippen molar-refractivity contribution in [2.24, 2.45) is 0 Å². The van der Waals surface area contributed by atoms with Crippen LogP contribution in [0.2, 0.25) is 0 Å². The van der Waals surface area contributed by atoms with Gasteiger partial charge in [0.05, 0.1) is 61.6 Å². The molecule has 408 valence electrons. The molecule has 0 aliphatic carbocycles. The predicted molar refractivity (Wildman–Crippen MR) is 260 cm³/mol. The number of aromatic carboxylic acids is 1. The van der Waals surface area contributed by atoms with Crippen LogP contribution >= 0.6 is 0 Å². The number of pyridine rings is 2. The van der Waals surface area contributed by atoms with Crippen LogP contribution in [0.3, 0.4) is 0 Å². The third-order valence-electron chi connectivity index (χ3n) is 11.0. The number of nitrogens with zero attached hydrogens (tertiary/aromatic N) is 8. The molecule has 0 unspecified atom stereocenters. The van der Waals surface area contributed by atoms with Gasteiger partial charge in [0.2, 0.25) is 0 Å². The summed E-state index contributed by atoms with van der Waals surface area (Å²) < 4.78 is 87.0. The van der Waals surface area contributed by atoms with Gasteiger partial charge in [0.1, 0.15) is 42.2 Å². The van der Waals surface area contributed by atoms with Crippen molar-refractivity contribution >= 4 is 34.8 Å². The molecule has 5 heterocycles. The van der Waals surface area contributed by atoms with Crippen LogP contribution in [0.4, 0.5) is 34.8 Å². The van der Waals surface area contributed by atoms with Gasteiger partial charge >= 0.3 is 17.8 Å². The van der Waals surface area contributed by atoms with Crippen LogP contribution in [-0.2, 0) is 14.2 Å². The molecule has 0 bridgehead atoms. The van der Waals surface area contributed by atoms with Crippen molar-refractivity contribution in [2.75, 3.05) is 104 Å². The van der Waals surface area contributed by atoms with Crippen LogP contribution in [0.15, 0.2) is 91.3 Å². The van der Waals surface area contributed by atoms with Gasteiger partial charge in [0, 0.05) is 62.7 Å². The molecular formula is C48H54F4N10O14. The number of esters is 1. The quantitative estimate of drug-likeness (QED) is 0.0267. The van der Waals surface area contributed by atoms with E-state index in [0.717, 1.165) is 58.1 Å². The van der Waals surface area contributed by atoms with Crippen LogP contribution < -0.4 is 35.6 Å². The number of hydrogen-bond donors (Lipinski definition) is 3. The van der Waals surface area contributed by atoms with Crippen molar-refractivity contribution in [1.82, 2.24) is 24.4 Å². The van der Waals surface area contributed by atoms with Crippen LogP contribution in [0, 0.1) is 20.2 Å². The fraction of sp³-hybridized carbons (Fsp3) is 0.354. The molecule has 0 spiro atoms. The van der Waals surface area contributed by atoms with Gasteiger partial charge in [0.15, 0.2) is 17.0 Å². The van der Waals surface area contributed by atoms with Crippen LogP contribution in [-0.4, -0.2) is 144 Å². The number of nitrogens with two attached hydrogens (primary N) is 2. The number of aromatic nitrogens is 4. The topological polar surface area (TPSA) is 312 Å². The van der Waals surface area contributed by atoms with Gasteiger partial charge in [-0.15, -0.1) is 9.77 Å². The Morgan fingerprint density at radius 2 is 1.39 bits per heavy atom. The number of carbonyl (C=O) groups excluding carboxylic acids is 1. The monoisotopic (exact) mass is 1070 g/mol. The first-order valence-electron chi connectivity index (χ1n) is 23.1. The van der Waals surface area contributed by atoms with E-state index in [-0.39, 0.29) is 50.9 Å². The lowest BCUT2D eigenvalue weighted by Crippen LogP contribution is -2.47. The summed E-state index contributed by atoms with van der Waals surface area (Å²) in [7, 11) is 1.38. The maximum absolute atomic E-state index is 13.7. The van der Waals surface area contributed by atoms with Gasteiger partial charge < -0.3 is 38.6 Å². The first kappa shape index (κ1) is 58.4. The number of nitro benzene ring substituents is 2. The van der Waals surface area contributed by atoms with Crippen LogP contribution in [0.1, 0.15) is 51.6 Å². The summed E-state index contributed by atoms with van der Waals surface area (Å²) in [6, 6.07) is 17.3. The highest BCUT2D eigenvalue weighted by atomic mass is 19.3. The second kappa shape index (κ2) is 28.8. The summed E-state index contributed by atoms with van der Waals surface area (Å²) in [5.74, 6) is 4.15. The number of benzene rings is 3. The van der Waals surface area contributed by atoms with E-state index in [1.54, 1.807) is 37.4 Å². The van der Waals surface area contributed by atoms with Crippen molar-refractivity contribution < 1.29 is 80.3 Å². The van der Waals surface area contributed by atoms with Crippen molar-refractivity contribution in [3.05, 3.63) is 134 Å². The van der Waals surface area contributed by atoms with Crippen LogP contribution in [0.25, 0.3) is 17.0 Å². The molecule has 2 aliphatic rings. The summed E-state index contributed by atoms with van der Waals surface area (Å²) in [4.78, 5) is 49.8. The van der Waals surface area contributed by atoms with Crippen molar-refractivity contribution in [2.45, 2.75) is 19.8 Å². The number of ether oxygens (including phenoxy) is 6. The van der Waals surface area contributed by atoms with Gasteiger partial charge in [-0.05, 0) is 73.3 Å². The Bertz CT molecular complexity index is 2910. The Labute approximate surface area is 430 Å². The van der Waals surface area contributed by atoms with E-state index in [2.05, 4.69) is 19.9 Å². The number of carbonyl (C=O) groups is 2. The fourth-order valence-electron chi connectivity index (χ4n) is 7.09. The minimum absolute atomic E-state index is 0.0267. The standard InChI is InChI=1S/C20H20F2N4O4.C14H19F2NO3.C8H11N3O2.C6H4N2O5/c21-17(22)16-12-13(30-11-8-25-6-9-29-10-7-25)3-4-14(16)18-23-19-15(20(27)28)2-1-5-26(19)24-18;1-18-13-3-2-11(10-12(13)14(15)16)20-9-6-17-4-7-19-8-5-17;1-2-13-8(12)6-4-3-5-11(10)7(6)9;9-6-2-1-4(7(10)11)3-5(6)8(12)13/h1-5,12,17H,6-11H2,(H,27,28);2-3,10,14H,4-9H2,1H3;3-5,9H,2,10H2,1H3;1-3,9H. The second-order valence-corrected chi connectivity index (χ2v) is 15.9. The molecule has 3 aromatic heterocycles. The molecule has 2 fully saturated rings. The highest BCUT2D eigenvalue weighted by molar-refractivity contribution is 5.94. The zero-order valence-electron chi connectivity index (χ0n) is 41.0. The smallest absolute Gasteiger partial charge is 0.346 e. The average Bonchev–Trinajstić information content (AvgIpc) is 3.86.